The number of hydrogen-bond acceptors (Lipinski definition) is 3. The number of aryl methyl sites for hydroxylation is 2. The van der Waals surface area contributed by atoms with E-state index in [0.717, 1.165) is 65.6 Å². The largest absolute Gasteiger partial charge is 0.496 e. The SMILES string of the molecule is CC[N+](CC)(CCCCN(Cc1ccc2ccccc2c1)C(=O)c1cc2cccc(OC)c2cc1OC)Cc1cc(C)cc(C)c1. The molecule has 5 rings (SSSR count). The Morgan fingerprint density at radius 2 is 1.39 bits per heavy atom. The van der Waals surface area contributed by atoms with E-state index in [9.17, 15) is 4.79 Å². The van der Waals surface area contributed by atoms with Gasteiger partial charge in [-0.2, -0.15) is 0 Å². The minimum atomic E-state index is -0.0169. The summed E-state index contributed by atoms with van der Waals surface area (Å²) in [5, 5.41) is 4.26. The van der Waals surface area contributed by atoms with Crippen LogP contribution in [-0.4, -0.2) is 55.7 Å². The second-order valence-electron chi connectivity index (χ2n) is 12.7. The van der Waals surface area contributed by atoms with Crippen molar-refractivity contribution in [2.24, 2.45) is 0 Å². The predicted octanol–water partition coefficient (Wildman–Crippen LogP) is 9.11. The van der Waals surface area contributed by atoms with Crippen molar-refractivity contribution in [2.75, 3.05) is 40.4 Å². The molecule has 0 aliphatic rings. The lowest BCUT2D eigenvalue weighted by Crippen LogP contribution is -2.47. The van der Waals surface area contributed by atoms with Crippen molar-refractivity contribution >= 4 is 27.5 Å². The van der Waals surface area contributed by atoms with E-state index in [1.807, 2.05) is 35.2 Å². The van der Waals surface area contributed by atoms with Crippen LogP contribution in [0.1, 0.15) is 59.3 Å². The highest BCUT2D eigenvalue weighted by atomic mass is 16.5. The van der Waals surface area contributed by atoms with Gasteiger partial charge in [-0.25, -0.2) is 0 Å². The van der Waals surface area contributed by atoms with E-state index in [1.54, 1.807) is 14.2 Å². The van der Waals surface area contributed by atoms with Crippen LogP contribution in [0.2, 0.25) is 0 Å². The summed E-state index contributed by atoms with van der Waals surface area (Å²) in [6, 6.07) is 31.6. The van der Waals surface area contributed by atoms with Crippen LogP contribution >= 0.6 is 0 Å². The van der Waals surface area contributed by atoms with Gasteiger partial charge >= 0.3 is 0 Å². The van der Waals surface area contributed by atoms with E-state index < -0.39 is 0 Å². The highest BCUT2D eigenvalue weighted by Gasteiger charge is 2.25. The summed E-state index contributed by atoms with van der Waals surface area (Å²) in [6.45, 7) is 14.5. The predicted molar refractivity (Wildman–Crippen MR) is 191 cm³/mol. The molecule has 0 aliphatic carbocycles. The molecule has 46 heavy (non-hydrogen) atoms. The van der Waals surface area contributed by atoms with Gasteiger partial charge in [0.15, 0.2) is 0 Å². The second-order valence-corrected chi connectivity index (χ2v) is 12.7. The molecule has 5 heteroatoms. The van der Waals surface area contributed by atoms with Crippen molar-refractivity contribution in [3.63, 3.8) is 0 Å². The first-order valence-corrected chi connectivity index (χ1v) is 16.6. The molecule has 0 bridgehead atoms. The van der Waals surface area contributed by atoms with E-state index in [4.69, 9.17) is 9.47 Å². The topological polar surface area (TPSA) is 38.8 Å². The third-order valence-electron chi connectivity index (χ3n) is 9.54. The Balaban J connectivity index is 1.39. The molecule has 0 saturated heterocycles. The Morgan fingerprint density at radius 3 is 2.09 bits per heavy atom. The number of fused-ring (bicyclic) bond motifs is 2. The Kier molecular flexibility index (Phi) is 10.6. The fraction of sp³-hybridized carbons (Fsp3) is 0.341. The van der Waals surface area contributed by atoms with E-state index in [-0.39, 0.29) is 5.91 Å². The van der Waals surface area contributed by atoms with Crippen LogP contribution in [0.4, 0.5) is 0 Å². The normalized spacial score (nSPS) is 11.6. The van der Waals surface area contributed by atoms with Gasteiger partial charge in [0.25, 0.3) is 5.91 Å². The van der Waals surface area contributed by atoms with Crippen LogP contribution in [0, 0.1) is 13.8 Å². The van der Waals surface area contributed by atoms with Crippen molar-refractivity contribution in [3.8, 4) is 11.5 Å². The lowest BCUT2D eigenvalue weighted by Gasteiger charge is -2.37. The quantitative estimate of drug-likeness (QED) is 0.0922. The monoisotopic (exact) mass is 617 g/mol. The minimum Gasteiger partial charge on any atom is -0.496 e. The number of amides is 1. The summed E-state index contributed by atoms with van der Waals surface area (Å²) in [5.74, 6) is 1.31. The summed E-state index contributed by atoms with van der Waals surface area (Å²) in [4.78, 5) is 16.4. The summed E-state index contributed by atoms with van der Waals surface area (Å²) < 4.78 is 12.4. The maximum absolute atomic E-state index is 14.4. The maximum Gasteiger partial charge on any atom is 0.257 e. The first-order chi connectivity index (χ1) is 22.3. The molecule has 0 N–H and O–H groups in total. The molecule has 0 saturated carbocycles. The number of benzene rings is 5. The average Bonchev–Trinajstić information content (AvgIpc) is 3.07. The van der Waals surface area contributed by atoms with Crippen molar-refractivity contribution in [1.82, 2.24) is 4.90 Å². The first kappa shape index (κ1) is 33.0. The third kappa shape index (κ3) is 7.54. The highest BCUT2D eigenvalue weighted by molar-refractivity contribution is 6.03. The fourth-order valence-corrected chi connectivity index (χ4v) is 6.91. The molecule has 0 heterocycles. The number of unbranched alkanes of at least 4 members (excludes halogenated alkanes) is 1. The van der Waals surface area contributed by atoms with Gasteiger partial charge < -0.3 is 18.9 Å². The first-order valence-electron chi connectivity index (χ1n) is 16.6. The van der Waals surface area contributed by atoms with Crippen LogP contribution in [-0.2, 0) is 13.1 Å². The molecule has 0 aromatic heterocycles. The van der Waals surface area contributed by atoms with Gasteiger partial charge in [-0.05, 0) is 86.5 Å². The zero-order chi connectivity index (χ0) is 32.7. The number of carbonyl (C=O) groups excluding carboxylic acids is 1. The van der Waals surface area contributed by atoms with Crippen molar-refractivity contribution in [3.05, 3.63) is 119 Å². The molecule has 0 unspecified atom stereocenters. The summed E-state index contributed by atoms with van der Waals surface area (Å²) in [7, 11) is 3.29. The number of quaternary nitrogens is 1. The molecular formula is C41H49N2O3+. The molecular weight excluding hydrogens is 568 g/mol. The number of rotatable bonds is 14. The maximum atomic E-state index is 14.4. The highest BCUT2D eigenvalue weighted by Crippen LogP contribution is 2.33. The van der Waals surface area contributed by atoms with E-state index >= 15 is 0 Å². The van der Waals surface area contributed by atoms with E-state index in [2.05, 4.69) is 88.4 Å². The number of hydrogen-bond donors (Lipinski definition) is 0. The van der Waals surface area contributed by atoms with E-state index in [0.29, 0.717) is 24.4 Å². The minimum absolute atomic E-state index is 0.0169. The Labute approximate surface area is 275 Å². The molecule has 0 aliphatic heterocycles. The van der Waals surface area contributed by atoms with Gasteiger partial charge in [-0.15, -0.1) is 0 Å². The van der Waals surface area contributed by atoms with Gasteiger partial charge in [0, 0.05) is 24.0 Å². The number of methoxy groups -OCH3 is 2. The summed E-state index contributed by atoms with van der Waals surface area (Å²) in [6.07, 6.45) is 1.97. The molecule has 1 amide bonds. The summed E-state index contributed by atoms with van der Waals surface area (Å²) >= 11 is 0. The van der Waals surface area contributed by atoms with Crippen molar-refractivity contribution in [2.45, 2.75) is 53.6 Å². The van der Waals surface area contributed by atoms with Gasteiger partial charge in [0.1, 0.15) is 18.0 Å². The fourth-order valence-electron chi connectivity index (χ4n) is 6.91. The third-order valence-corrected chi connectivity index (χ3v) is 9.54. The molecule has 5 nitrogen and oxygen atoms in total. The Bertz CT molecular complexity index is 1790. The van der Waals surface area contributed by atoms with Crippen LogP contribution in [0.15, 0.2) is 91.0 Å². The van der Waals surface area contributed by atoms with Gasteiger partial charge in [-0.1, -0.05) is 77.9 Å². The number of ether oxygens (including phenoxy) is 2. The number of nitrogens with zero attached hydrogens (tertiary/aromatic N) is 2. The molecule has 0 radical (unpaired) electrons. The van der Waals surface area contributed by atoms with Gasteiger partial charge in [0.2, 0.25) is 0 Å². The summed E-state index contributed by atoms with van der Waals surface area (Å²) in [5.41, 5.74) is 5.76. The van der Waals surface area contributed by atoms with Crippen LogP contribution in [0.25, 0.3) is 21.5 Å². The zero-order valence-electron chi connectivity index (χ0n) is 28.4. The lowest BCUT2D eigenvalue weighted by molar-refractivity contribution is -0.938. The van der Waals surface area contributed by atoms with Crippen LogP contribution < -0.4 is 9.47 Å². The Hall–Kier alpha value is -4.35. The standard InChI is InChI=1S/C41H49N2O3/c1-7-43(8-2,29-33-23-30(3)22-31(4)24-33)21-12-11-20-42(28-32-18-19-34-14-9-10-15-35(34)25-32)41(44)38-26-36-16-13-17-39(45-5)37(36)27-40(38)46-6/h9-10,13-19,22-27H,7-8,11-12,20-21,28-29H2,1-6H3/q+1. The van der Waals surface area contributed by atoms with Gasteiger partial charge in [0.05, 0.1) is 39.4 Å². The van der Waals surface area contributed by atoms with Crippen molar-refractivity contribution in [1.29, 1.82) is 0 Å². The molecule has 5 aromatic rings. The molecule has 240 valence electrons. The van der Waals surface area contributed by atoms with E-state index in [1.165, 1.54) is 27.5 Å². The lowest BCUT2D eigenvalue weighted by atomic mass is 10.0. The zero-order valence-corrected chi connectivity index (χ0v) is 28.4. The molecule has 0 fully saturated rings. The van der Waals surface area contributed by atoms with Crippen LogP contribution in [0.5, 0.6) is 11.5 Å². The second kappa shape index (κ2) is 14.8. The Morgan fingerprint density at radius 1 is 0.696 bits per heavy atom. The average molecular weight is 618 g/mol. The molecule has 5 aromatic carbocycles. The molecule has 0 atom stereocenters. The van der Waals surface area contributed by atoms with Crippen molar-refractivity contribution < 1.29 is 18.8 Å². The van der Waals surface area contributed by atoms with Crippen LogP contribution in [0.3, 0.4) is 0 Å². The van der Waals surface area contributed by atoms with Gasteiger partial charge in [-0.3, -0.25) is 4.79 Å². The molecule has 0 spiro atoms. The smallest absolute Gasteiger partial charge is 0.257 e. The number of carbonyl (C=O) groups is 1.